The molecular weight excluding hydrogens is 651 g/mol. The third-order valence-electron chi connectivity index (χ3n) is 9.82. The Hall–Kier alpha value is -3.05. The Labute approximate surface area is 307 Å². The monoisotopic (exact) mass is 703 g/mol. The van der Waals surface area contributed by atoms with Crippen LogP contribution in [0.15, 0.2) is 78.9 Å². The summed E-state index contributed by atoms with van der Waals surface area (Å²) >= 11 is 5.60. The van der Waals surface area contributed by atoms with Crippen molar-refractivity contribution in [3.05, 3.63) is 100 Å². The predicted octanol–water partition coefficient (Wildman–Crippen LogP) is 15.5. The van der Waals surface area contributed by atoms with Crippen LogP contribution in [0, 0.1) is 13.8 Å². The minimum Gasteiger partial charge on any atom is -0.236 e. The summed E-state index contributed by atoms with van der Waals surface area (Å²) in [6.45, 7) is 9.15. The average molecular weight is 704 g/mol. The molecule has 6 aromatic rings. The largest absolute Gasteiger partial charge is 0.236 e. The number of thiophene rings is 2. The SMILES string of the molecule is CCCCCCCCc1cc(-c2cc(-c3ccc(-c4ccc(C)s4)s3)cc(-c3nc4ccccc4s3)c2)c(CCCCCCCC)cc1C. The Balaban J connectivity index is 1.40. The molecule has 49 heavy (non-hydrogen) atoms. The van der Waals surface area contributed by atoms with Crippen molar-refractivity contribution < 1.29 is 0 Å². The van der Waals surface area contributed by atoms with Crippen LogP contribution in [0.4, 0.5) is 0 Å². The van der Waals surface area contributed by atoms with Crippen molar-refractivity contribution in [1.29, 1.82) is 0 Å². The van der Waals surface area contributed by atoms with Gasteiger partial charge in [-0.25, -0.2) is 4.98 Å². The fraction of sp³-hybridized carbons (Fsp3) is 0.400. The van der Waals surface area contributed by atoms with Crippen molar-refractivity contribution in [2.24, 2.45) is 0 Å². The van der Waals surface area contributed by atoms with Crippen molar-refractivity contribution in [3.63, 3.8) is 0 Å². The lowest BCUT2D eigenvalue weighted by Gasteiger charge is -2.17. The average Bonchev–Trinajstić information content (AvgIpc) is 3.88. The molecule has 0 N–H and O–H groups in total. The smallest absolute Gasteiger partial charge is 0.124 e. The van der Waals surface area contributed by atoms with Gasteiger partial charge in [0.2, 0.25) is 0 Å². The standard InChI is InChI=1S/C45H53NS3/c1-5-7-9-11-13-15-19-34-31-39(35(27-32(34)3)20-16-14-12-10-8-6-2)36-28-37(41-25-26-44(48-41)43-24-23-33(4)47-43)30-38(29-36)45-46-40-21-17-18-22-42(40)49-45/h17-18,21-31H,5-16,19-20H2,1-4H3. The molecule has 0 radical (unpaired) electrons. The fourth-order valence-corrected chi connectivity index (χ4v) is 9.89. The zero-order valence-corrected chi connectivity index (χ0v) is 32.5. The van der Waals surface area contributed by atoms with Gasteiger partial charge in [-0.15, -0.1) is 34.0 Å². The van der Waals surface area contributed by atoms with E-state index in [1.807, 2.05) is 34.0 Å². The van der Waals surface area contributed by atoms with Crippen LogP contribution in [0.1, 0.15) is 112 Å². The number of fused-ring (bicyclic) bond motifs is 1. The van der Waals surface area contributed by atoms with Gasteiger partial charge in [-0.1, -0.05) is 102 Å². The van der Waals surface area contributed by atoms with Gasteiger partial charge in [0.05, 0.1) is 10.2 Å². The minimum atomic E-state index is 1.08. The highest BCUT2D eigenvalue weighted by atomic mass is 32.1. The highest BCUT2D eigenvalue weighted by Crippen LogP contribution is 2.42. The van der Waals surface area contributed by atoms with Crippen LogP contribution in [0.5, 0.6) is 0 Å². The summed E-state index contributed by atoms with van der Waals surface area (Å²) in [5, 5.41) is 1.10. The van der Waals surface area contributed by atoms with Gasteiger partial charge in [0.15, 0.2) is 0 Å². The summed E-state index contributed by atoms with van der Waals surface area (Å²) in [5.41, 5.74) is 10.9. The van der Waals surface area contributed by atoms with Crippen LogP contribution >= 0.6 is 34.0 Å². The maximum absolute atomic E-state index is 5.14. The van der Waals surface area contributed by atoms with Gasteiger partial charge >= 0.3 is 0 Å². The highest BCUT2D eigenvalue weighted by molar-refractivity contribution is 7.24. The molecule has 3 heterocycles. The number of unbranched alkanes of at least 4 members (excludes halogenated alkanes) is 10. The third-order valence-corrected chi connectivity index (χ3v) is 13.2. The normalized spacial score (nSPS) is 11.6. The van der Waals surface area contributed by atoms with Crippen LogP contribution in [0.25, 0.3) is 52.1 Å². The topological polar surface area (TPSA) is 12.9 Å². The molecule has 0 amide bonds. The number of thiazole rings is 1. The first-order valence-electron chi connectivity index (χ1n) is 18.8. The summed E-state index contributed by atoms with van der Waals surface area (Å²) in [7, 11) is 0. The van der Waals surface area contributed by atoms with Gasteiger partial charge in [-0.05, 0) is 128 Å². The molecule has 256 valence electrons. The molecule has 0 unspecified atom stereocenters. The van der Waals surface area contributed by atoms with Crippen LogP contribution in [0.2, 0.25) is 0 Å². The van der Waals surface area contributed by atoms with E-state index >= 15 is 0 Å². The first-order valence-corrected chi connectivity index (χ1v) is 21.3. The summed E-state index contributed by atoms with van der Waals surface area (Å²) in [6, 6.07) is 30.1. The van der Waals surface area contributed by atoms with Gasteiger partial charge in [0, 0.05) is 25.1 Å². The number of rotatable bonds is 18. The van der Waals surface area contributed by atoms with Crippen molar-refractivity contribution >= 4 is 44.2 Å². The number of benzene rings is 3. The van der Waals surface area contributed by atoms with Gasteiger partial charge in [-0.2, -0.15) is 0 Å². The first-order chi connectivity index (χ1) is 24.0. The van der Waals surface area contributed by atoms with E-state index in [0.29, 0.717) is 0 Å². The lowest BCUT2D eigenvalue weighted by atomic mass is 9.88. The second-order valence-electron chi connectivity index (χ2n) is 13.8. The molecule has 6 rings (SSSR count). The minimum absolute atomic E-state index is 1.08. The van der Waals surface area contributed by atoms with Gasteiger partial charge < -0.3 is 0 Å². The fourth-order valence-electron chi connectivity index (χ4n) is 6.99. The Bertz CT molecular complexity index is 1900. The van der Waals surface area contributed by atoms with Crippen LogP contribution < -0.4 is 0 Å². The lowest BCUT2D eigenvalue weighted by molar-refractivity contribution is 0.605. The van der Waals surface area contributed by atoms with Crippen LogP contribution in [0.3, 0.4) is 0 Å². The van der Waals surface area contributed by atoms with E-state index < -0.39 is 0 Å². The second-order valence-corrected chi connectivity index (χ2v) is 17.2. The molecule has 0 spiro atoms. The zero-order valence-electron chi connectivity index (χ0n) is 30.1. The molecule has 0 aliphatic carbocycles. The Morgan fingerprint density at radius 1 is 0.510 bits per heavy atom. The molecule has 1 nitrogen and oxygen atoms in total. The van der Waals surface area contributed by atoms with Crippen molar-refractivity contribution in [2.45, 2.75) is 118 Å². The van der Waals surface area contributed by atoms with Gasteiger partial charge in [0.25, 0.3) is 0 Å². The molecule has 4 heteroatoms. The van der Waals surface area contributed by atoms with E-state index in [-0.39, 0.29) is 0 Å². The van der Waals surface area contributed by atoms with Gasteiger partial charge in [0.1, 0.15) is 5.01 Å². The summed E-state index contributed by atoms with van der Waals surface area (Å²) < 4.78 is 1.25. The molecule has 3 aromatic heterocycles. The van der Waals surface area contributed by atoms with Crippen molar-refractivity contribution in [2.75, 3.05) is 0 Å². The van der Waals surface area contributed by atoms with E-state index in [9.17, 15) is 0 Å². The Morgan fingerprint density at radius 2 is 1.12 bits per heavy atom. The molecule has 0 saturated heterocycles. The van der Waals surface area contributed by atoms with Crippen LogP contribution in [-0.4, -0.2) is 4.98 Å². The Morgan fingerprint density at radius 3 is 1.84 bits per heavy atom. The molecule has 0 aliphatic heterocycles. The predicted molar refractivity (Wildman–Crippen MR) is 221 cm³/mol. The first kappa shape index (κ1) is 35.8. The van der Waals surface area contributed by atoms with Gasteiger partial charge in [-0.3, -0.25) is 0 Å². The van der Waals surface area contributed by atoms with Crippen molar-refractivity contribution in [3.8, 4) is 41.9 Å². The van der Waals surface area contributed by atoms with E-state index in [1.54, 1.807) is 0 Å². The molecule has 0 atom stereocenters. The lowest BCUT2D eigenvalue weighted by Crippen LogP contribution is -1.99. The van der Waals surface area contributed by atoms with E-state index in [2.05, 4.69) is 107 Å². The molecular formula is C45H53NS3. The summed E-state index contributed by atoms with van der Waals surface area (Å²) in [4.78, 5) is 10.5. The highest BCUT2D eigenvalue weighted by Gasteiger charge is 2.16. The van der Waals surface area contributed by atoms with E-state index in [0.717, 1.165) is 16.9 Å². The number of aromatic nitrogens is 1. The molecule has 3 aromatic carbocycles. The zero-order chi connectivity index (χ0) is 34.0. The molecule has 0 aliphatic rings. The Kier molecular flexibility index (Phi) is 13.0. The molecule has 0 fully saturated rings. The van der Waals surface area contributed by atoms with E-state index in [4.69, 9.17) is 4.98 Å². The third kappa shape index (κ3) is 9.39. The maximum Gasteiger partial charge on any atom is 0.124 e. The quantitative estimate of drug-likeness (QED) is 0.0812. The van der Waals surface area contributed by atoms with Crippen molar-refractivity contribution in [1.82, 2.24) is 4.98 Å². The number of hydrogen-bond donors (Lipinski definition) is 0. The number of aryl methyl sites for hydroxylation is 4. The molecule has 0 saturated carbocycles. The number of para-hydroxylation sites is 1. The molecule has 0 bridgehead atoms. The van der Waals surface area contributed by atoms with E-state index in [1.165, 1.54) is 147 Å². The number of hydrogen-bond acceptors (Lipinski definition) is 4. The summed E-state index contributed by atoms with van der Waals surface area (Å²) in [5.74, 6) is 0. The maximum atomic E-state index is 5.14. The van der Waals surface area contributed by atoms with Crippen LogP contribution in [-0.2, 0) is 12.8 Å². The number of nitrogens with zero attached hydrogens (tertiary/aromatic N) is 1. The summed E-state index contributed by atoms with van der Waals surface area (Å²) in [6.07, 6.45) is 18.2. The second kappa shape index (κ2) is 17.7.